The number of anilines is 1. The van der Waals surface area contributed by atoms with Crippen molar-refractivity contribution in [3.63, 3.8) is 0 Å². The minimum atomic E-state index is 0.793. The van der Waals surface area contributed by atoms with Crippen molar-refractivity contribution in [1.29, 1.82) is 0 Å². The van der Waals surface area contributed by atoms with Crippen LogP contribution in [-0.4, -0.2) is 9.78 Å². The Kier molecular flexibility index (Phi) is 3.52. The van der Waals surface area contributed by atoms with E-state index in [-0.39, 0.29) is 0 Å². The number of aryl methyl sites for hydroxylation is 2. The Morgan fingerprint density at radius 2 is 2.12 bits per heavy atom. The molecule has 0 fully saturated rings. The molecule has 0 saturated heterocycles. The van der Waals surface area contributed by atoms with Crippen molar-refractivity contribution >= 4 is 21.6 Å². The zero-order valence-electron chi connectivity index (χ0n) is 10.3. The van der Waals surface area contributed by atoms with Gasteiger partial charge in [0.05, 0.1) is 6.20 Å². The third-order valence-corrected chi connectivity index (χ3v) is 3.62. The lowest BCUT2D eigenvalue weighted by molar-refractivity contribution is 0.738. The molecule has 0 atom stereocenters. The third kappa shape index (κ3) is 2.69. The largest absolute Gasteiger partial charge is 0.380 e. The molecule has 0 aliphatic heterocycles. The maximum absolute atomic E-state index is 4.23. The average molecular weight is 294 g/mol. The summed E-state index contributed by atoms with van der Waals surface area (Å²) in [7, 11) is 1.96. The van der Waals surface area contributed by atoms with Crippen molar-refractivity contribution in [3.8, 4) is 0 Å². The summed E-state index contributed by atoms with van der Waals surface area (Å²) in [5, 5.41) is 7.66. The number of hydrogen-bond donors (Lipinski definition) is 1. The Balaban J connectivity index is 2.12. The van der Waals surface area contributed by atoms with Crippen LogP contribution >= 0.6 is 15.9 Å². The molecular formula is C13H16BrN3. The van der Waals surface area contributed by atoms with E-state index in [0.717, 1.165) is 16.7 Å². The van der Waals surface area contributed by atoms with Gasteiger partial charge in [0.1, 0.15) is 0 Å². The van der Waals surface area contributed by atoms with Gasteiger partial charge in [0.25, 0.3) is 0 Å². The van der Waals surface area contributed by atoms with E-state index >= 15 is 0 Å². The van der Waals surface area contributed by atoms with Crippen LogP contribution in [0, 0.1) is 13.8 Å². The smallest absolute Gasteiger partial charge is 0.0542 e. The Morgan fingerprint density at radius 3 is 2.76 bits per heavy atom. The monoisotopic (exact) mass is 293 g/mol. The highest BCUT2D eigenvalue weighted by molar-refractivity contribution is 9.10. The first kappa shape index (κ1) is 12.2. The summed E-state index contributed by atoms with van der Waals surface area (Å²) in [5.41, 5.74) is 4.79. The topological polar surface area (TPSA) is 29.9 Å². The summed E-state index contributed by atoms with van der Waals surface area (Å²) >= 11 is 3.54. The average Bonchev–Trinajstić information content (AvgIpc) is 2.62. The van der Waals surface area contributed by atoms with E-state index < -0.39 is 0 Å². The zero-order chi connectivity index (χ0) is 12.4. The van der Waals surface area contributed by atoms with Crippen LogP contribution in [-0.2, 0) is 13.6 Å². The molecule has 0 aliphatic carbocycles. The number of hydrogen-bond acceptors (Lipinski definition) is 2. The normalized spacial score (nSPS) is 10.6. The van der Waals surface area contributed by atoms with Gasteiger partial charge in [-0.25, -0.2) is 0 Å². The molecule has 3 nitrogen and oxygen atoms in total. The van der Waals surface area contributed by atoms with Crippen molar-refractivity contribution in [2.75, 3.05) is 5.32 Å². The zero-order valence-corrected chi connectivity index (χ0v) is 11.9. The van der Waals surface area contributed by atoms with Gasteiger partial charge in [0, 0.05) is 35.0 Å². The molecule has 0 aliphatic rings. The van der Waals surface area contributed by atoms with E-state index in [0.29, 0.717) is 0 Å². The van der Waals surface area contributed by atoms with Crippen LogP contribution in [0.25, 0.3) is 0 Å². The Morgan fingerprint density at radius 1 is 1.35 bits per heavy atom. The molecule has 0 saturated carbocycles. The molecule has 0 spiro atoms. The van der Waals surface area contributed by atoms with Crippen molar-refractivity contribution in [3.05, 3.63) is 45.7 Å². The van der Waals surface area contributed by atoms with Gasteiger partial charge in [0.2, 0.25) is 0 Å². The lowest BCUT2D eigenvalue weighted by atomic mass is 10.2. The molecule has 1 N–H and O–H groups in total. The molecule has 0 unspecified atom stereocenters. The van der Waals surface area contributed by atoms with Crippen molar-refractivity contribution in [1.82, 2.24) is 9.78 Å². The summed E-state index contributed by atoms with van der Waals surface area (Å²) in [4.78, 5) is 0. The molecular weight excluding hydrogens is 278 g/mol. The summed E-state index contributed by atoms with van der Waals surface area (Å²) in [6.07, 6.45) is 1.91. The van der Waals surface area contributed by atoms with E-state index in [9.17, 15) is 0 Å². The fourth-order valence-corrected chi connectivity index (χ4v) is 2.07. The lowest BCUT2D eigenvalue weighted by Gasteiger charge is -2.09. The maximum atomic E-state index is 4.23. The predicted octanol–water partition coefficient (Wildman–Crippen LogP) is 3.41. The van der Waals surface area contributed by atoms with E-state index in [1.54, 1.807) is 0 Å². The molecule has 0 amide bonds. The second-order valence-electron chi connectivity index (χ2n) is 4.22. The van der Waals surface area contributed by atoms with Crippen LogP contribution in [0.2, 0.25) is 0 Å². The number of nitrogens with zero attached hydrogens (tertiary/aromatic N) is 2. The SMILES string of the molecule is Cc1ccc(Br)c(NCc2cnn(C)c2C)c1. The molecule has 2 aromatic rings. The fraction of sp³-hybridized carbons (Fsp3) is 0.308. The van der Waals surface area contributed by atoms with Crippen LogP contribution in [0.4, 0.5) is 5.69 Å². The van der Waals surface area contributed by atoms with Gasteiger partial charge >= 0.3 is 0 Å². The minimum Gasteiger partial charge on any atom is -0.380 e. The van der Waals surface area contributed by atoms with Crippen molar-refractivity contribution in [2.45, 2.75) is 20.4 Å². The van der Waals surface area contributed by atoms with E-state index in [4.69, 9.17) is 0 Å². The molecule has 90 valence electrons. The lowest BCUT2D eigenvalue weighted by Crippen LogP contribution is -2.02. The van der Waals surface area contributed by atoms with Gasteiger partial charge in [-0.05, 0) is 47.5 Å². The molecule has 0 radical (unpaired) electrons. The maximum Gasteiger partial charge on any atom is 0.0542 e. The van der Waals surface area contributed by atoms with Crippen molar-refractivity contribution < 1.29 is 0 Å². The minimum absolute atomic E-state index is 0.793. The number of rotatable bonds is 3. The summed E-state index contributed by atoms with van der Waals surface area (Å²) in [6.45, 7) is 4.96. The third-order valence-electron chi connectivity index (χ3n) is 2.93. The summed E-state index contributed by atoms with van der Waals surface area (Å²) in [6, 6.07) is 6.29. The van der Waals surface area contributed by atoms with Gasteiger partial charge in [-0.2, -0.15) is 5.10 Å². The standard InChI is InChI=1S/C13H16BrN3/c1-9-4-5-12(14)13(6-9)15-7-11-8-16-17(3)10(11)2/h4-6,8,15H,7H2,1-3H3. The van der Waals surface area contributed by atoms with E-state index in [2.05, 4.69) is 58.4 Å². The van der Waals surface area contributed by atoms with Crippen LogP contribution in [0.5, 0.6) is 0 Å². The predicted molar refractivity (Wildman–Crippen MR) is 74.2 cm³/mol. The number of aromatic nitrogens is 2. The van der Waals surface area contributed by atoms with Gasteiger partial charge in [-0.3, -0.25) is 4.68 Å². The van der Waals surface area contributed by atoms with Crippen molar-refractivity contribution in [2.24, 2.45) is 7.05 Å². The molecule has 1 aromatic carbocycles. The quantitative estimate of drug-likeness (QED) is 0.940. The van der Waals surface area contributed by atoms with E-state index in [1.165, 1.54) is 16.8 Å². The highest BCUT2D eigenvalue weighted by atomic mass is 79.9. The first-order valence-corrected chi connectivity index (χ1v) is 6.34. The highest BCUT2D eigenvalue weighted by Crippen LogP contribution is 2.24. The van der Waals surface area contributed by atoms with Crippen LogP contribution in [0.15, 0.2) is 28.9 Å². The van der Waals surface area contributed by atoms with Crippen LogP contribution in [0.1, 0.15) is 16.8 Å². The number of nitrogens with one attached hydrogen (secondary N) is 1. The van der Waals surface area contributed by atoms with E-state index in [1.807, 2.05) is 17.9 Å². The fourth-order valence-electron chi connectivity index (χ4n) is 1.68. The number of benzene rings is 1. The highest BCUT2D eigenvalue weighted by Gasteiger charge is 2.04. The molecule has 17 heavy (non-hydrogen) atoms. The Labute approximate surface area is 110 Å². The Hall–Kier alpha value is -1.29. The van der Waals surface area contributed by atoms with Gasteiger partial charge in [-0.15, -0.1) is 0 Å². The number of halogens is 1. The van der Waals surface area contributed by atoms with Gasteiger partial charge < -0.3 is 5.32 Å². The molecule has 1 heterocycles. The second kappa shape index (κ2) is 4.92. The van der Waals surface area contributed by atoms with Crippen LogP contribution in [0.3, 0.4) is 0 Å². The Bertz CT molecular complexity index is 531. The molecule has 2 rings (SSSR count). The summed E-state index contributed by atoms with van der Waals surface area (Å²) in [5.74, 6) is 0. The van der Waals surface area contributed by atoms with Crippen LogP contribution < -0.4 is 5.32 Å². The first-order chi connectivity index (χ1) is 8.08. The van der Waals surface area contributed by atoms with Gasteiger partial charge in [0.15, 0.2) is 0 Å². The summed E-state index contributed by atoms with van der Waals surface area (Å²) < 4.78 is 2.98. The van der Waals surface area contributed by atoms with Gasteiger partial charge in [-0.1, -0.05) is 6.07 Å². The second-order valence-corrected chi connectivity index (χ2v) is 5.07. The molecule has 4 heteroatoms. The molecule has 1 aromatic heterocycles. The molecule has 0 bridgehead atoms. The first-order valence-electron chi connectivity index (χ1n) is 5.55.